The lowest BCUT2D eigenvalue weighted by atomic mass is 9.77. The Labute approximate surface area is 338 Å². The first-order valence-electron chi connectivity index (χ1n) is 18.6. The minimum atomic E-state index is -0.913. The van der Waals surface area contributed by atoms with Crippen molar-refractivity contribution in [3.05, 3.63) is 177 Å². The second-order valence-corrected chi connectivity index (χ2v) is 14.6. The van der Waals surface area contributed by atoms with Crippen molar-refractivity contribution in [3.63, 3.8) is 0 Å². The molecular formula is C45H38BrClN6O3. The molecule has 3 aromatic heterocycles. The lowest BCUT2D eigenvalue weighted by Gasteiger charge is -2.34. The second kappa shape index (κ2) is 16.1. The molecule has 8 aromatic rings. The number of halogens is 2. The number of rotatable bonds is 13. The summed E-state index contributed by atoms with van der Waals surface area (Å²) < 4.78 is 14.7. The van der Waals surface area contributed by atoms with E-state index in [1.165, 1.54) is 0 Å². The molecule has 0 N–H and O–H groups in total. The Morgan fingerprint density at radius 1 is 0.821 bits per heavy atom. The first-order valence-corrected chi connectivity index (χ1v) is 19.8. The van der Waals surface area contributed by atoms with Crippen molar-refractivity contribution in [2.75, 3.05) is 6.61 Å². The summed E-state index contributed by atoms with van der Waals surface area (Å²) in [5, 5.41) is 15.7. The fourth-order valence-corrected chi connectivity index (χ4v) is 8.15. The fraction of sp³-hybridized carbons (Fsp3) is 0.178. The van der Waals surface area contributed by atoms with Crippen LogP contribution in [0.4, 0.5) is 0 Å². The Kier molecular flexibility index (Phi) is 10.7. The predicted molar refractivity (Wildman–Crippen MR) is 222 cm³/mol. The highest BCUT2D eigenvalue weighted by atomic mass is 79.9. The molecular weight excluding hydrogens is 788 g/mol. The summed E-state index contributed by atoms with van der Waals surface area (Å²) in [5.74, 6) is 1.31. The first-order chi connectivity index (χ1) is 27.4. The molecule has 0 radical (unpaired) electrons. The van der Waals surface area contributed by atoms with E-state index in [1.807, 2.05) is 109 Å². The van der Waals surface area contributed by atoms with E-state index >= 15 is 0 Å². The highest BCUT2D eigenvalue weighted by molar-refractivity contribution is 9.10. The van der Waals surface area contributed by atoms with Crippen LogP contribution in [0.3, 0.4) is 0 Å². The quantitative estimate of drug-likeness (QED) is 0.0648. The summed E-state index contributed by atoms with van der Waals surface area (Å²) >= 11 is 10.4. The van der Waals surface area contributed by atoms with E-state index in [2.05, 4.69) is 63.4 Å². The molecule has 0 atom stereocenters. The summed E-state index contributed by atoms with van der Waals surface area (Å²) in [6.45, 7) is 4.74. The number of fused-ring (bicyclic) bond motifs is 1. The summed E-state index contributed by atoms with van der Waals surface area (Å²) in [7, 11) is 0. The number of ether oxygens (including phenoxy) is 1. The molecule has 0 bridgehead atoms. The van der Waals surface area contributed by atoms with Crippen molar-refractivity contribution in [3.8, 4) is 22.7 Å². The number of imidazole rings is 1. The first kappa shape index (κ1) is 37.1. The van der Waals surface area contributed by atoms with Gasteiger partial charge in [-0.25, -0.2) is 9.78 Å². The third-order valence-electron chi connectivity index (χ3n) is 9.98. The number of carbonyl (C=O) groups excluding carboxylic acids is 1. The molecule has 56 heavy (non-hydrogen) atoms. The van der Waals surface area contributed by atoms with Crippen molar-refractivity contribution in [2.24, 2.45) is 0 Å². The number of furan rings is 1. The van der Waals surface area contributed by atoms with Gasteiger partial charge in [0, 0.05) is 29.5 Å². The van der Waals surface area contributed by atoms with Crippen molar-refractivity contribution >= 4 is 44.5 Å². The molecule has 0 unspecified atom stereocenters. The van der Waals surface area contributed by atoms with Crippen LogP contribution in [0.2, 0.25) is 5.15 Å². The Hall–Kier alpha value is -5.84. The molecule has 0 aliphatic heterocycles. The fourth-order valence-electron chi connectivity index (χ4n) is 7.27. The third kappa shape index (κ3) is 6.73. The average molecular weight is 826 g/mol. The molecule has 0 spiro atoms. The van der Waals surface area contributed by atoms with Crippen LogP contribution in [-0.4, -0.2) is 42.3 Å². The minimum Gasteiger partial charge on any atom is -0.461 e. The van der Waals surface area contributed by atoms with E-state index in [0.29, 0.717) is 42.6 Å². The van der Waals surface area contributed by atoms with Crippen LogP contribution < -0.4 is 0 Å². The Balaban J connectivity index is 1.19. The molecule has 0 aliphatic rings. The number of tetrazole rings is 1. The van der Waals surface area contributed by atoms with Gasteiger partial charge >= 0.3 is 5.97 Å². The van der Waals surface area contributed by atoms with Crippen molar-refractivity contribution in [1.82, 2.24) is 29.8 Å². The maximum absolute atomic E-state index is 13.1. The summed E-state index contributed by atoms with van der Waals surface area (Å²) in [5.41, 5.74) is 5.52. The summed E-state index contributed by atoms with van der Waals surface area (Å²) in [6, 6.07) is 44.7. The molecule has 0 saturated carbocycles. The van der Waals surface area contributed by atoms with E-state index in [4.69, 9.17) is 36.2 Å². The lowest BCUT2D eigenvalue weighted by molar-refractivity contribution is 0.0487. The largest absolute Gasteiger partial charge is 0.461 e. The number of hydrogen-bond acceptors (Lipinski definition) is 7. The normalized spacial score (nSPS) is 11.6. The van der Waals surface area contributed by atoms with Gasteiger partial charge in [-0.1, -0.05) is 153 Å². The van der Waals surface area contributed by atoms with Gasteiger partial charge in [-0.3, -0.25) is 0 Å². The summed E-state index contributed by atoms with van der Waals surface area (Å²) in [6.07, 6.45) is 2.29. The topological polar surface area (TPSA) is 101 Å². The number of esters is 1. The van der Waals surface area contributed by atoms with Crippen LogP contribution in [0.1, 0.15) is 65.3 Å². The number of unbranched alkanes of at least 4 members (excludes halogenated alkanes) is 1. The zero-order valence-electron chi connectivity index (χ0n) is 30.9. The number of benzene rings is 5. The average Bonchev–Trinajstić information content (AvgIpc) is 3.95. The van der Waals surface area contributed by atoms with Crippen LogP contribution in [0, 0.1) is 0 Å². The van der Waals surface area contributed by atoms with Crippen LogP contribution >= 0.6 is 27.5 Å². The van der Waals surface area contributed by atoms with Crippen molar-refractivity contribution < 1.29 is 13.9 Å². The van der Waals surface area contributed by atoms with Gasteiger partial charge in [-0.15, -0.1) is 15.0 Å². The standard InChI is InChI=1S/C45H38BrClN6O3/c1-3-5-27-55-44(54)40-42(47)48-38(4-2)52(40)29-30-25-26-37-36(28-30)39(46)41(56-37)34-23-15-16-24-35(34)43-49-51-53(50-43)45(31-17-9-6-10-18-31,32-19-11-7-12-20-32)33-21-13-8-14-22-33/h6-26,28H,3-5,27,29H2,1-2H3. The molecule has 9 nitrogen and oxygen atoms in total. The third-order valence-corrected chi connectivity index (χ3v) is 11.0. The molecule has 280 valence electrons. The van der Waals surface area contributed by atoms with Crippen LogP contribution in [0.25, 0.3) is 33.7 Å². The minimum absolute atomic E-state index is 0.145. The number of hydrogen-bond donors (Lipinski definition) is 0. The van der Waals surface area contributed by atoms with E-state index in [9.17, 15) is 4.79 Å². The van der Waals surface area contributed by atoms with Gasteiger partial charge in [0.25, 0.3) is 0 Å². The highest BCUT2D eigenvalue weighted by Gasteiger charge is 2.41. The Morgan fingerprint density at radius 3 is 2.04 bits per heavy atom. The Morgan fingerprint density at radius 2 is 1.43 bits per heavy atom. The van der Waals surface area contributed by atoms with Gasteiger partial charge in [0.2, 0.25) is 5.82 Å². The van der Waals surface area contributed by atoms with Gasteiger partial charge in [0.1, 0.15) is 17.2 Å². The van der Waals surface area contributed by atoms with E-state index in [-0.39, 0.29) is 10.8 Å². The molecule has 11 heteroatoms. The molecule has 5 aromatic carbocycles. The van der Waals surface area contributed by atoms with Crippen LogP contribution in [0.15, 0.2) is 142 Å². The van der Waals surface area contributed by atoms with E-state index in [1.54, 1.807) is 4.80 Å². The van der Waals surface area contributed by atoms with E-state index < -0.39 is 11.5 Å². The number of aromatic nitrogens is 6. The molecule has 0 saturated heterocycles. The highest BCUT2D eigenvalue weighted by Crippen LogP contribution is 2.43. The zero-order valence-corrected chi connectivity index (χ0v) is 33.2. The zero-order chi connectivity index (χ0) is 38.6. The molecule has 3 heterocycles. The van der Waals surface area contributed by atoms with Gasteiger partial charge in [-0.05, 0) is 62.0 Å². The Bertz CT molecular complexity index is 2520. The maximum atomic E-state index is 13.1. The smallest absolute Gasteiger partial charge is 0.358 e. The monoisotopic (exact) mass is 824 g/mol. The maximum Gasteiger partial charge on any atom is 0.358 e. The van der Waals surface area contributed by atoms with Gasteiger partial charge in [0.15, 0.2) is 16.4 Å². The van der Waals surface area contributed by atoms with Gasteiger partial charge in [-0.2, -0.15) is 0 Å². The molecule has 0 aliphatic carbocycles. The summed E-state index contributed by atoms with van der Waals surface area (Å²) in [4.78, 5) is 19.3. The number of nitrogens with zero attached hydrogens (tertiary/aromatic N) is 6. The SMILES string of the molecule is CCCCOC(=O)c1c(Cl)nc(CC)n1Cc1ccc2oc(-c3ccccc3-c3nnn(C(c4ccccc4)(c4ccccc4)c4ccccc4)n3)c(Br)c2c1. The van der Waals surface area contributed by atoms with Gasteiger partial charge < -0.3 is 13.7 Å². The number of carbonyl (C=O) groups is 1. The van der Waals surface area contributed by atoms with Crippen LogP contribution in [0.5, 0.6) is 0 Å². The molecule has 0 amide bonds. The number of aryl methyl sites for hydroxylation is 1. The van der Waals surface area contributed by atoms with Gasteiger partial charge in [0.05, 0.1) is 11.1 Å². The van der Waals surface area contributed by atoms with Crippen molar-refractivity contribution in [1.29, 1.82) is 0 Å². The lowest BCUT2D eigenvalue weighted by Crippen LogP contribution is -2.39. The van der Waals surface area contributed by atoms with Crippen LogP contribution in [-0.2, 0) is 23.2 Å². The second-order valence-electron chi connectivity index (χ2n) is 13.4. The predicted octanol–water partition coefficient (Wildman–Crippen LogP) is 10.8. The molecule has 8 rings (SSSR count). The van der Waals surface area contributed by atoms with Crippen molar-refractivity contribution in [2.45, 2.75) is 45.2 Å². The molecule has 0 fully saturated rings. The van der Waals surface area contributed by atoms with E-state index in [0.717, 1.165) is 56.1 Å².